The molecule has 0 fully saturated rings. The molecule has 0 aliphatic rings. The van der Waals surface area contributed by atoms with E-state index >= 15 is 0 Å². The zero-order valence-corrected chi connectivity index (χ0v) is 15.1. The third-order valence-electron chi connectivity index (χ3n) is 3.50. The van der Waals surface area contributed by atoms with Crippen LogP contribution in [-0.2, 0) is 4.79 Å². The highest BCUT2D eigenvalue weighted by Crippen LogP contribution is 2.27. The third-order valence-corrected chi connectivity index (χ3v) is 3.50. The summed E-state index contributed by atoms with van der Waals surface area (Å²) in [5.74, 6) is 0.612. The van der Waals surface area contributed by atoms with Crippen molar-refractivity contribution in [2.75, 3.05) is 20.8 Å². The van der Waals surface area contributed by atoms with E-state index < -0.39 is 17.4 Å². The van der Waals surface area contributed by atoms with Gasteiger partial charge in [-0.15, -0.1) is 0 Å². The summed E-state index contributed by atoms with van der Waals surface area (Å²) < 4.78 is 15.6. The Labute approximate surface area is 155 Å². The molecule has 0 aliphatic heterocycles. The Kier molecular flexibility index (Phi) is 6.70. The van der Waals surface area contributed by atoms with E-state index in [2.05, 4.69) is 10.5 Å². The molecule has 2 aromatic carbocycles. The van der Waals surface area contributed by atoms with E-state index in [4.69, 9.17) is 14.2 Å². The van der Waals surface area contributed by atoms with Crippen LogP contribution in [0.1, 0.15) is 11.1 Å². The van der Waals surface area contributed by atoms with E-state index in [9.17, 15) is 14.9 Å². The van der Waals surface area contributed by atoms with Crippen LogP contribution in [0.15, 0.2) is 41.5 Å². The van der Waals surface area contributed by atoms with Gasteiger partial charge in [-0.05, 0) is 36.8 Å². The van der Waals surface area contributed by atoms with Gasteiger partial charge >= 0.3 is 5.69 Å². The van der Waals surface area contributed by atoms with Crippen molar-refractivity contribution in [1.82, 2.24) is 5.43 Å². The average molecular weight is 373 g/mol. The van der Waals surface area contributed by atoms with Gasteiger partial charge in [0.2, 0.25) is 0 Å². The summed E-state index contributed by atoms with van der Waals surface area (Å²) in [7, 11) is 3.05. The van der Waals surface area contributed by atoms with Crippen LogP contribution >= 0.6 is 0 Å². The van der Waals surface area contributed by atoms with Gasteiger partial charge in [0, 0.05) is 11.6 Å². The SMILES string of the molecule is COc1ccc(OC)c(C=NNC(=O)COc2ccc(C)cc2[N+](=O)[O-])c1. The minimum absolute atomic E-state index is 0.0131. The Hall–Kier alpha value is -3.62. The first kappa shape index (κ1) is 19.7. The molecule has 27 heavy (non-hydrogen) atoms. The van der Waals surface area contributed by atoms with Gasteiger partial charge < -0.3 is 14.2 Å². The number of hydrazone groups is 1. The van der Waals surface area contributed by atoms with Crippen LogP contribution in [0.4, 0.5) is 5.69 Å². The van der Waals surface area contributed by atoms with Crippen LogP contribution in [0.5, 0.6) is 17.2 Å². The molecule has 1 amide bonds. The molecule has 0 saturated heterocycles. The number of aryl methyl sites for hydroxylation is 1. The summed E-state index contributed by atoms with van der Waals surface area (Å²) in [5.41, 5.74) is 3.41. The first-order chi connectivity index (χ1) is 12.9. The Bertz CT molecular complexity index is 866. The van der Waals surface area contributed by atoms with E-state index in [1.807, 2.05) is 0 Å². The van der Waals surface area contributed by atoms with E-state index in [1.54, 1.807) is 31.2 Å². The standard InChI is InChI=1S/C18H19N3O6/c1-12-4-6-17(15(8-12)21(23)24)27-11-18(22)20-19-10-13-9-14(25-2)5-7-16(13)26-3/h4-10H,11H2,1-3H3,(H,20,22). The fourth-order valence-electron chi connectivity index (χ4n) is 2.18. The fraction of sp³-hybridized carbons (Fsp3) is 0.222. The predicted molar refractivity (Wildman–Crippen MR) is 98.6 cm³/mol. The number of nitro benzene ring substituents is 1. The van der Waals surface area contributed by atoms with E-state index in [1.165, 1.54) is 32.6 Å². The first-order valence-electron chi connectivity index (χ1n) is 7.86. The summed E-state index contributed by atoms with van der Waals surface area (Å²) in [4.78, 5) is 22.3. The summed E-state index contributed by atoms with van der Waals surface area (Å²) in [6.07, 6.45) is 1.40. The van der Waals surface area contributed by atoms with Crippen molar-refractivity contribution < 1.29 is 23.9 Å². The molecule has 0 bridgehead atoms. The Balaban J connectivity index is 1.97. The van der Waals surface area contributed by atoms with Gasteiger partial charge in [0.15, 0.2) is 12.4 Å². The maximum Gasteiger partial charge on any atom is 0.311 e. The average Bonchev–Trinajstić information content (AvgIpc) is 2.66. The van der Waals surface area contributed by atoms with Gasteiger partial charge in [0.25, 0.3) is 5.91 Å². The maximum absolute atomic E-state index is 11.9. The lowest BCUT2D eigenvalue weighted by Gasteiger charge is -2.07. The highest BCUT2D eigenvalue weighted by molar-refractivity contribution is 5.86. The molecule has 0 saturated carbocycles. The zero-order chi connectivity index (χ0) is 19.8. The number of benzene rings is 2. The van der Waals surface area contributed by atoms with Gasteiger partial charge in [-0.3, -0.25) is 14.9 Å². The Morgan fingerprint density at radius 2 is 1.93 bits per heavy atom. The number of hydrogen-bond donors (Lipinski definition) is 1. The van der Waals surface area contributed by atoms with Crippen molar-refractivity contribution in [3.8, 4) is 17.2 Å². The van der Waals surface area contributed by atoms with Crippen LogP contribution in [0.25, 0.3) is 0 Å². The molecule has 2 rings (SSSR count). The number of ether oxygens (including phenoxy) is 3. The van der Waals surface area contributed by atoms with Crippen molar-refractivity contribution >= 4 is 17.8 Å². The molecular formula is C18H19N3O6. The lowest BCUT2D eigenvalue weighted by Crippen LogP contribution is -2.24. The van der Waals surface area contributed by atoms with Crippen molar-refractivity contribution in [2.24, 2.45) is 5.10 Å². The molecule has 0 aromatic heterocycles. The fourth-order valence-corrected chi connectivity index (χ4v) is 2.18. The lowest BCUT2D eigenvalue weighted by molar-refractivity contribution is -0.385. The number of hydrogen-bond acceptors (Lipinski definition) is 7. The summed E-state index contributed by atoms with van der Waals surface area (Å²) >= 11 is 0. The molecular weight excluding hydrogens is 354 g/mol. The van der Waals surface area contributed by atoms with Crippen LogP contribution in [0.2, 0.25) is 0 Å². The lowest BCUT2D eigenvalue weighted by atomic mass is 10.2. The molecule has 9 nitrogen and oxygen atoms in total. The maximum atomic E-state index is 11.9. The van der Waals surface area contributed by atoms with Gasteiger partial charge in [-0.1, -0.05) is 6.07 Å². The third kappa shape index (κ3) is 5.43. The van der Waals surface area contributed by atoms with Gasteiger partial charge in [-0.2, -0.15) is 5.10 Å². The Morgan fingerprint density at radius 1 is 1.19 bits per heavy atom. The summed E-state index contributed by atoms with van der Waals surface area (Å²) in [5, 5.41) is 14.9. The Morgan fingerprint density at radius 3 is 2.59 bits per heavy atom. The normalized spacial score (nSPS) is 10.5. The minimum Gasteiger partial charge on any atom is -0.497 e. The number of carbonyl (C=O) groups excluding carboxylic acids is 1. The number of nitro groups is 1. The molecule has 2 aromatic rings. The van der Waals surface area contributed by atoms with Crippen molar-refractivity contribution in [1.29, 1.82) is 0 Å². The number of methoxy groups -OCH3 is 2. The highest BCUT2D eigenvalue weighted by atomic mass is 16.6. The second-order valence-corrected chi connectivity index (χ2v) is 5.42. The van der Waals surface area contributed by atoms with Crippen molar-refractivity contribution in [3.63, 3.8) is 0 Å². The number of carbonyl (C=O) groups is 1. The quantitative estimate of drug-likeness (QED) is 0.432. The molecule has 1 N–H and O–H groups in total. The molecule has 142 valence electrons. The molecule has 0 aliphatic carbocycles. The summed E-state index contributed by atoms with van der Waals surface area (Å²) in [6.45, 7) is 1.31. The molecule has 0 heterocycles. The monoisotopic (exact) mass is 373 g/mol. The molecule has 0 atom stereocenters. The van der Waals surface area contributed by atoms with Crippen molar-refractivity contribution in [2.45, 2.75) is 6.92 Å². The first-order valence-corrected chi connectivity index (χ1v) is 7.86. The predicted octanol–water partition coefficient (Wildman–Crippen LogP) is 2.45. The number of nitrogens with one attached hydrogen (secondary N) is 1. The highest BCUT2D eigenvalue weighted by Gasteiger charge is 2.16. The van der Waals surface area contributed by atoms with Gasteiger partial charge in [0.05, 0.1) is 25.4 Å². The molecule has 0 radical (unpaired) electrons. The minimum atomic E-state index is -0.567. The van der Waals surface area contributed by atoms with Crippen LogP contribution < -0.4 is 19.6 Å². The zero-order valence-electron chi connectivity index (χ0n) is 15.1. The summed E-state index contributed by atoms with van der Waals surface area (Å²) in [6, 6.07) is 9.62. The van der Waals surface area contributed by atoms with Crippen LogP contribution in [-0.4, -0.2) is 37.9 Å². The van der Waals surface area contributed by atoms with E-state index in [0.717, 1.165) is 5.56 Å². The van der Waals surface area contributed by atoms with Crippen LogP contribution in [0.3, 0.4) is 0 Å². The second-order valence-electron chi connectivity index (χ2n) is 5.42. The molecule has 0 unspecified atom stereocenters. The molecule has 9 heteroatoms. The van der Waals surface area contributed by atoms with Crippen molar-refractivity contribution in [3.05, 3.63) is 57.6 Å². The number of nitrogens with zero attached hydrogens (tertiary/aromatic N) is 2. The van der Waals surface area contributed by atoms with Gasteiger partial charge in [-0.25, -0.2) is 5.43 Å². The van der Waals surface area contributed by atoms with Gasteiger partial charge in [0.1, 0.15) is 11.5 Å². The largest absolute Gasteiger partial charge is 0.497 e. The number of rotatable bonds is 8. The van der Waals surface area contributed by atoms with E-state index in [-0.39, 0.29) is 11.4 Å². The van der Waals surface area contributed by atoms with Crippen LogP contribution in [0, 0.1) is 17.0 Å². The smallest absolute Gasteiger partial charge is 0.311 e. The molecule has 0 spiro atoms. The second kappa shape index (κ2) is 9.18. The topological polar surface area (TPSA) is 112 Å². The number of amides is 1. The van der Waals surface area contributed by atoms with E-state index in [0.29, 0.717) is 17.1 Å².